The van der Waals surface area contributed by atoms with Crippen LogP contribution in [0.1, 0.15) is 13.3 Å². The molecule has 0 bridgehead atoms. The number of hydrogen-bond donors (Lipinski definition) is 1. The smallest absolute Gasteiger partial charge is 0.231 e. The minimum absolute atomic E-state index is 0.583. The van der Waals surface area contributed by atoms with Gasteiger partial charge in [-0.05, 0) is 24.3 Å². The second-order valence-corrected chi connectivity index (χ2v) is 5.87. The summed E-state index contributed by atoms with van der Waals surface area (Å²) in [6.45, 7) is 1.97. The molecule has 6 nitrogen and oxygen atoms in total. The molecule has 0 unspecified atom stereocenters. The molecule has 0 saturated carbocycles. The Labute approximate surface area is 143 Å². The van der Waals surface area contributed by atoms with Crippen molar-refractivity contribution in [2.75, 3.05) is 12.5 Å². The van der Waals surface area contributed by atoms with Crippen LogP contribution >= 0.6 is 11.3 Å². The number of anilines is 1. The van der Waals surface area contributed by atoms with Gasteiger partial charge in [-0.2, -0.15) is 5.10 Å². The predicted octanol–water partition coefficient (Wildman–Crippen LogP) is 5.22. The van der Waals surface area contributed by atoms with E-state index in [1.54, 1.807) is 7.11 Å². The van der Waals surface area contributed by atoms with Gasteiger partial charge in [0.15, 0.2) is 5.84 Å². The summed E-state index contributed by atoms with van der Waals surface area (Å²) in [4.78, 5) is 4.43. The van der Waals surface area contributed by atoms with E-state index in [4.69, 9.17) is 4.74 Å². The van der Waals surface area contributed by atoms with Crippen molar-refractivity contribution in [2.24, 2.45) is 15.3 Å². The van der Waals surface area contributed by atoms with E-state index in [0.29, 0.717) is 17.4 Å². The number of nitrogens with zero attached hydrogens (tertiary/aromatic N) is 4. The van der Waals surface area contributed by atoms with Crippen LogP contribution in [0.25, 0.3) is 10.2 Å². The highest BCUT2D eigenvalue weighted by Crippen LogP contribution is 2.28. The number of nitrogens with one attached hydrogen (secondary N) is 1. The van der Waals surface area contributed by atoms with Crippen LogP contribution in [0.2, 0.25) is 0 Å². The van der Waals surface area contributed by atoms with Gasteiger partial charge in [-0.15, -0.1) is 10.2 Å². The summed E-state index contributed by atoms with van der Waals surface area (Å²) in [6.07, 6.45) is 0.649. The van der Waals surface area contributed by atoms with E-state index >= 15 is 0 Å². The molecule has 7 heteroatoms. The second kappa shape index (κ2) is 7.65. The fraction of sp³-hybridized carbons (Fsp3) is 0.176. The Morgan fingerprint density at radius 3 is 2.75 bits per heavy atom. The van der Waals surface area contributed by atoms with Crippen molar-refractivity contribution in [2.45, 2.75) is 13.3 Å². The standard InChI is InChI=1S/C17H17N5OS/c1-3-16(20-19-12-8-4-6-10-14(12)23-2)21-22-17-18-13-9-5-7-11-15(13)24-17/h4-11,19H,3H2,1-2H3/b20-16-,22-21?. The molecule has 0 fully saturated rings. The van der Waals surface area contributed by atoms with Gasteiger partial charge in [0.1, 0.15) is 5.75 Å². The van der Waals surface area contributed by atoms with E-state index in [2.05, 4.69) is 25.7 Å². The molecule has 122 valence electrons. The first-order valence-electron chi connectivity index (χ1n) is 7.53. The van der Waals surface area contributed by atoms with E-state index in [1.807, 2.05) is 55.5 Å². The molecule has 2 aromatic carbocycles. The van der Waals surface area contributed by atoms with Crippen molar-refractivity contribution in [3.05, 3.63) is 48.5 Å². The maximum absolute atomic E-state index is 5.28. The Hall–Kier alpha value is -2.80. The highest BCUT2D eigenvalue weighted by Gasteiger charge is 2.03. The molecular formula is C17H17N5OS. The molecule has 0 amide bonds. The summed E-state index contributed by atoms with van der Waals surface area (Å²) in [6, 6.07) is 15.5. The lowest BCUT2D eigenvalue weighted by Crippen LogP contribution is -1.98. The van der Waals surface area contributed by atoms with Crippen molar-refractivity contribution < 1.29 is 4.74 Å². The fourth-order valence-corrected chi connectivity index (χ4v) is 2.82. The first-order valence-corrected chi connectivity index (χ1v) is 8.34. The molecule has 0 saturated heterocycles. The highest BCUT2D eigenvalue weighted by molar-refractivity contribution is 7.21. The number of methoxy groups -OCH3 is 1. The Morgan fingerprint density at radius 2 is 1.96 bits per heavy atom. The molecule has 1 heterocycles. The van der Waals surface area contributed by atoms with Gasteiger partial charge < -0.3 is 4.74 Å². The zero-order valence-corrected chi connectivity index (χ0v) is 14.2. The van der Waals surface area contributed by atoms with Gasteiger partial charge in [0.25, 0.3) is 0 Å². The first kappa shape index (κ1) is 16.1. The van der Waals surface area contributed by atoms with Gasteiger partial charge in [0.05, 0.1) is 23.0 Å². The number of hydrogen-bond acceptors (Lipinski definition) is 6. The van der Waals surface area contributed by atoms with Gasteiger partial charge in [0, 0.05) is 6.42 Å². The lowest BCUT2D eigenvalue weighted by Gasteiger charge is -2.06. The van der Waals surface area contributed by atoms with Gasteiger partial charge in [-0.3, -0.25) is 5.43 Å². The molecular weight excluding hydrogens is 322 g/mol. The first-order chi connectivity index (χ1) is 11.8. The molecule has 0 aliphatic carbocycles. The zero-order valence-electron chi connectivity index (χ0n) is 13.4. The number of hydrazone groups is 1. The molecule has 3 aromatic rings. The van der Waals surface area contributed by atoms with E-state index in [0.717, 1.165) is 21.7 Å². The number of ether oxygens (including phenoxy) is 1. The summed E-state index contributed by atoms with van der Waals surface area (Å²) >= 11 is 1.50. The van der Waals surface area contributed by atoms with Gasteiger partial charge >= 0.3 is 0 Å². The number of para-hydroxylation sites is 3. The molecule has 1 aromatic heterocycles. The number of amidine groups is 1. The Balaban J connectivity index is 1.75. The monoisotopic (exact) mass is 339 g/mol. The van der Waals surface area contributed by atoms with E-state index in [1.165, 1.54) is 11.3 Å². The SMILES string of the molecule is CC/C(N=Nc1nc2ccccc2s1)=N/Nc1ccccc1OC. The minimum atomic E-state index is 0.583. The second-order valence-electron chi connectivity index (χ2n) is 4.86. The minimum Gasteiger partial charge on any atom is -0.495 e. The van der Waals surface area contributed by atoms with Crippen LogP contribution in [0.5, 0.6) is 5.75 Å². The third kappa shape index (κ3) is 3.75. The van der Waals surface area contributed by atoms with Crippen molar-refractivity contribution in [1.29, 1.82) is 0 Å². The molecule has 0 spiro atoms. The van der Waals surface area contributed by atoms with Crippen LogP contribution in [0, 0.1) is 0 Å². The third-order valence-electron chi connectivity index (χ3n) is 3.26. The quantitative estimate of drug-likeness (QED) is 0.300. The Morgan fingerprint density at radius 1 is 1.17 bits per heavy atom. The normalized spacial score (nSPS) is 12.0. The molecule has 0 aliphatic heterocycles. The lowest BCUT2D eigenvalue weighted by atomic mass is 10.3. The summed E-state index contributed by atoms with van der Waals surface area (Å²) in [7, 11) is 1.62. The molecule has 0 aliphatic rings. The number of fused-ring (bicyclic) bond motifs is 1. The molecule has 0 radical (unpaired) electrons. The van der Waals surface area contributed by atoms with E-state index in [9.17, 15) is 0 Å². The van der Waals surface area contributed by atoms with Gasteiger partial charge in [-0.25, -0.2) is 4.98 Å². The van der Waals surface area contributed by atoms with Crippen LogP contribution in [0.3, 0.4) is 0 Å². The largest absolute Gasteiger partial charge is 0.495 e. The van der Waals surface area contributed by atoms with Crippen LogP contribution in [0.4, 0.5) is 10.8 Å². The fourth-order valence-electron chi connectivity index (χ4n) is 2.04. The maximum atomic E-state index is 5.28. The summed E-state index contributed by atoms with van der Waals surface area (Å²) < 4.78 is 6.37. The zero-order chi connectivity index (χ0) is 16.8. The third-order valence-corrected chi connectivity index (χ3v) is 4.18. The molecule has 0 atom stereocenters. The average molecular weight is 339 g/mol. The topological polar surface area (TPSA) is 71.2 Å². The predicted molar refractivity (Wildman–Crippen MR) is 98.5 cm³/mol. The van der Waals surface area contributed by atoms with Crippen molar-refractivity contribution in [3.63, 3.8) is 0 Å². The number of benzene rings is 2. The van der Waals surface area contributed by atoms with E-state index in [-0.39, 0.29) is 0 Å². The number of thiazole rings is 1. The van der Waals surface area contributed by atoms with Crippen molar-refractivity contribution in [3.8, 4) is 5.75 Å². The van der Waals surface area contributed by atoms with Crippen LogP contribution in [-0.4, -0.2) is 17.9 Å². The molecule has 3 rings (SSSR count). The number of aromatic nitrogens is 1. The number of rotatable bonds is 5. The lowest BCUT2D eigenvalue weighted by molar-refractivity contribution is 0.416. The molecule has 24 heavy (non-hydrogen) atoms. The van der Waals surface area contributed by atoms with E-state index < -0.39 is 0 Å². The van der Waals surface area contributed by atoms with Crippen molar-refractivity contribution >= 4 is 38.2 Å². The summed E-state index contributed by atoms with van der Waals surface area (Å²) in [5, 5.41) is 13.3. The average Bonchev–Trinajstić information content (AvgIpc) is 3.05. The summed E-state index contributed by atoms with van der Waals surface area (Å²) in [5.41, 5.74) is 4.68. The maximum Gasteiger partial charge on any atom is 0.231 e. The van der Waals surface area contributed by atoms with Crippen LogP contribution in [-0.2, 0) is 0 Å². The van der Waals surface area contributed by atoms with Crippen LogP contribution in [0.15, 0.2) is 63.9 Å². The van der Waals surface area contributed by atoms with Gasteiger partial charge in [-0.1, -0.05) is 42.5 Å². The van der Waals surface area contributed by atoms with Crippen LogP contribution < -0.4 is 10.2 Å². The Bertz CT molecular complexity index is 854. The Kier molecular flexibility index (Phi) is 5.12. The van der Waals surface area contributed by atoms with Gasteiger partial charge in [0.2, 0.25) is 5.13 Å². The number of azo groups is 1. The molecule has 1 N–H and O–H groups in total. The van der Waals surface area contributed by atoms with Crippen molar-refractivity contribution in [1.82, 2.24) is 4.98 Å². The summed E-state index contributed by atoms with van der Waals surface area (Å²) in [5.74, 6) is 1.31. The highest BCUT2D eigenvalue weighted by atomic mass is 32.1.